The molecular formula is C11H18N2S3. The molecule has 3 N–H and O–H groups in total. The molecule has 0 bridgehead atoms. The third-order valence-corrected chi connectivity index (χ3v) is 7.09. The quantitative estimate of drug-likeness (QED) is 0.656. The highest BCUT2D eigenvalue weighted by Gasteiger charge is 2.31. The van der Waals surface area contributed by atoms with Crippen LogP contribution in [0, 0.1) is 6.92 Å². The van der Waals surface area contributed by atoms with Crippen LogP contribution in [0.25, 0.3) is 0 Å². The van der Waals surface area contributed by atoms with Crippen LogP contribution >= 0.6 is 34.9 Å². The summed E-state index contributed by atoms with van der Waals surface area (Å²) in [6.45, 7) is 4.46. The first kappa shape index (κ1) is 12.8. The van der Waals surface area contributed by atoms with Gasteiger partial charge >= 0.3 is 0 Å². The predicted octanol–water partition coefficient (Wildman–Crippen LogP) is 2.80. The van der Waals surface area contributed by atoms with Crippen molar-refractivity contribution in [3.05, 3.63) is 21.9 Å². The second kappa shape index (κ2) is 5.78. The van der Waals surface area contributed by atoms with Crippen LogP contribution in [-0.2, 0) is 0 Å². The first-order valence-electron chi connectivity index (χ1n) is 5.48. The smallest absolute Gasteiger partial charge is 0.0682 e. The molecule has 0 amide bonds. The van der Waals surface area contributed by atoms with Crippen LogP contribution in [0.5, 0.6) is 0 Å². The second-order valence-corrected chi connectivity index (χ2v) is 8.09. The van der Waals surface area contributed by atoms with E-state index in [1.807, 2.05) is 11.3 Å². The maximum atomic E-state index is 5.74. The minimum absolute atomic E-state index is 0.298. The highest BCUT2D eigenvalue weighted by Crippen LogP contribution is 2.39. The van der Waals surface area contributed by atoms with Crippen molar-refractivity contribution in [1.82, 2.24) is 5.43 Å². The molecule has 3 atom stereocenters. The Labute approximate surface area is 110 Å². The minimum atomic E-state index is 0.298. The van der Waals surface area contributed by atoms with Crippen molar-refractivity contribution in [2.45, 2.75) is 30.4 Å². The molecule has 0 spiro atoms. The summed E-state index contributed by atoms with van der Waals surface area (Å²) < 4.78 is 0. The molecule has 0 radical (unpaired) electrons. The van der Waals surface area contributed by atoms with E-state index < -0.39 is 0 Å². The summed E-state index contributed by atoms with van der Waals surface area (Å²) >= 11 is 5.96. The number of nitrogens with one attached hydrogen (secondary N) is 1. The van der Waals surface area contributed by atoms with E-state index in [9.17, 15) is 0 Å². The normalized spacial score (nSPS) is 27.9. The zero-order chi connectivity index (χ0) is 11.5. The average molecular weight is 274 g/mol. The molecule has 1 aromatic rings. The topological polar surface area (TPSA) is 38.0 Å². The fourth-order valence-corrected chi connectivity index (χ4v) is 5.97. The summed E-state index contributed by atoms with van der Waals surface area (Å²) in [5.74, 6) is 8.25. The van der Waals surface area contributed by atoms with Gasteiger partial charge in [-0.2, -0.15) is 23.5 Å². The summed E-state index contributed by atoms with van der Waals surface area (Å²) in [6.07, 6.45) is 0. The third kappa shape index (κ3) is 2.76. The van der Waals surface area contributed by atoms with Crippen LogP contribution in [0.4, 0.5) is 0 Å². The monoisotopic (exact) mass is 274 g/mol. The zero-order valence-electron chi connectivity index (χ0n) is 9.60. The van der Waals surface area contributed by atoms with E-state index in [-0.39, 0.29) is 0 Å². The van der Waals surface area contributed by atoms with Gasteiger partial charge in [-0.1, -0.05) is 6.92 Å². The van der Waals surface area contributed by atoms with Gasteiger partial charge in [-0.05, 0) is 19.1 Å². The lowest BCUT2D eigenvalue weighted by molar-refractivity contribution is 0.535. The van der Waals surface area contributed by atoms with E-state index in [0.29, 0.717) is 16.5 Å². The lowest BCUT2D eigenvalue weighted by Gasteiger charge is -2.33. The number of hydrazine groups is 1. The van der Waals surface area contributed by atoms with Crippen molar-refractivity contribution in [1.29, 1.82) is 0 Å². The van der Waals surface area contributed by atoms with Crippen molar-refractivity contribution in [3.8, 4) is 0 Å². The van der Waals surface area contributed by atoms with Crippen molar-refractivity contribution >= 4 is 34.9 Å². The SMILES string of the molecule is Cc1ccc(C(NN)C2SCCSC2C)s1. The standard InChI is InChI=1S/C11H18N2S3/c1-7-3-4-9(16-7)10(13-12)11-8(2)14-5-6-15-11/h3-4,8,10-11,13H,5-6,12H2,1-2H3. The summed E-state index contributed by atoms with van der Waals surface area (Å²) in [5.41, 5.74) is 3.01. The lowest BCUT2D eigenvalue weighted by atomic mass is 10.1. The van der Waals surface area contributed by atoms with Gasteiger partial charge in [0.25, 0.3) is 0 Å². The molecule has 90 valence electrons. The van der Waals surface area contributed by atoms with E-state index in [1.54, 1.807) is 0 Å². The van der Waals surface area contributed by atoms with Crippen LogP contribution in [0.2, 0.25) is 0 Å². The Morgan fingerprint density at radius 3 is 2.69 bits per heavy atom. The number of rotatable bonds is 3. The number of aryl methyl sites for hydroxylation is 1. The van der Waals surface area contributed by atoms with E-state index >= 15 is 0 Å². The Morgan fingerprint density at radius 2 is 2.12 bits per heavy atom. The largest absolute Gasteiger partial charge is 0.271 e. The molecule has 1 aromatic heterocycles. The molecule has 2 nitrogen and oxygen atoms in total. The molecule has 0 saturated carbocycles. The van der Waals surface area contributed by atoms with Crippen molar-refractivity contribution in [2.24, 2.45) is 5.84 Å². The number of nitrogens with two attached hydrogens (primary N) is 1. The van der Waals surface area contributed by atoms with Crippen molar-refractivity contribution in [3.63, 3.8) is 0 Å². The lowest BCUT2D eigenvalue weighted by Crippen LogP contribution is -2.40. The molecule has 16 heavy (non-hydrogen) atoms. The van der Waals surface area contributed by atoms with E-state index in [0.717, 1.165) is 0 Å². The average Bonchev–Trinajstić information content (AvgIpc) is 2.69. The molecule has 1 aliphatic heterocycles. The number of thioether (sulfide) groups is 2. The molecule has 5 heteroatoms. The third-order valence-electron chi connectivity index (χ3n) is 2.81. The Kier molecular flexibility index (Phi) is 4.61. The van der Waals surface area contributed by atoms with Crippen LogP contribution in [-0.4, -0.2) is 22.0 Å². The van der Waals surface area contributed by atoms with Crippen LogP contribution < -0.4 is 11.3 Å². The van der Waals surface area contributed by atoms with Crippen LogP contribution in [0.3, 0.4) is 0 Å². The highest BCUT2D eigenvalue weighted by atomic mass is 32.2. The van der Waals surface area contributed by atoms with Gasteiger partial charge < -0.3 is 0 Å². The second-order valence-electron chi connectivity index (χ2n) is 4.00. The maximum Gasteiger partial charge on any atom is 0.0682 e. The van der Waals surface area contributed by atoms with E-state index in [1.165, 1.54) is 21.3 Å². The molecular weight excluding hydrogens is 256 g/mol. The molecule has 1 fully saturated rings. The highest BCUT2D eigenvalue weighted by molar-refractivity contribution is 8.07. The van der Waals surface area contributed by atoms with Crippen LogP contribution in [0.15, 0.2) is 12.1 Å². The van der Waals surface area contributed by atoms with Gasteiger partial charge in [0.05, 0.1) is 6.04 Å². The molecule has 1 saturated heterocycles. The Morgan fingerprint density at radius 1 is 1.38 bits per heavy atom. The van der Waals surface area contributed by atoms with Gasteiger partial charge in [0.1, 0.15) is 0 Å². The fraction of sp³-hybridized carbons (Fsp3) is 0.636. The molecule has 1 aliphatic rings. The number of thiophene rings is 1. The minimum Gasteiger partial charge on any atom is -0.271 e. The fourth-order valence-electron chi connectivity index (χ4n) is 1.98. The molecule has 0 aromatic carbocycles. The summed E-state index contributed by atoms with van der Waals surface area (Å²) in [5, 5.41) is 1.25. The first-order valence-corrected chi connectivity index (χ1v) is 8.39. The Hall–Kier alpha value is 0.320. The van der Waals surface area contributed by atoms with Crippen LogP contribution in [0.1, 0.15) is 22.7 Å². The van der Waals surface area contributed by atoms with Gasteiger partial charge in [-0.3, -0.25) is 11.3 Å². The van der Waals surface area contributed by atoms with E-state index in [2.05, 4.69) is 54.9 Å². The zero-order valence-corrected chi connectivity index (χ0v) is 12.1. The summed E-state index contributed by atoms with van der Waals surface area (Å²) in [6, 6.07) is 4.68. The van der Waals surface area contributed by atoms with Gasteiger partial charge in [0.15, 0.2) is 0 Å². The van der Waals surface area contributed by atoms with Gasteiger partial charge in [-0.15, -0.1) is 11.3 Å². The van der Waals surface area contributed by atoms with Gasteiger partial charge in [0.2, 0.25) is 0 Å². The number of hydrogen-bond donors (Lipinski definition) is 2. The molecule has 0 aliphatic carbocycles. The van der Waals surface area contributed by atoms with Gasteiger partial charge in [-0.25, -0.2) is 0 Å². The Bertz CT molecular complexity index is 340. The molecule has 2 heterocycles. The molecule has 3 unspecified atom stereocenters. The maximum absolute atomic E-state index is 5.74. The Balaban J connectivity index is 2.14. The van der Waals surface area contributed by atoms with Gasteiger partial charge in [0, 0.05) is 31.8 Å². The summed E-state index contributed by atoms with van der Waals surface area (Å²) in [7, 11) is 0. The van der Waals surface area contributed by atoms with E-state index in [4.69, 9.17) is 5.84 Å². The molecule has 2 rings (SSSR count). The van der Waals surface area contributed by atoms with Crippen molar-refractivity contribution in [2.75, 3.05) is 11.5 Å². The predicted molar refractivity (Wildman–Crippen MR) is 77.3 cm³/mol. The first-order chi connectivity index (χ1) is 7.72. The summed E-state index contributed by atoms with van der Waals surface area (Å²) in [4.78, 5) is 2.73. The number of hydrogen-bond acceptors (Lipinski definition) is 5. The van der Waals surface area contributed by atoms with Crippen molar-refractivity contribution < 1.29 is 0 Å².